The van der Waals surface area contributed by atoms with Crippen LogP contribution in [0.5, 0.6) is 0 Å². The van der Waals surface area contributed by atoms with E-state index in [9.17, 15) is 9.59 Å². The Bertz CT molecular complexity index is 996. The second-order valence-electron chi connectivity index (χ2n) is 6.90. The molecule has 3 aromatic rings. The molecule has 8 nitrogen and oxygen atoms in total. The highest BCUT2D eigenvalue weighted by molar-refractivity contribution is 7.98. The van der Waals surface area contributed by atoms with Crippen molar-refractivity contribution in [2.45, 2.75) is 17.8 Å². The maximum absolute atomic E-state index is 12.8. The maximum Gasteiger partial charge on any atom is 0.409 e. The van der Waals surface area contributed by atoms with Crippen molar-refractivity contribution in [3.8, 4) is 0 Å². The van der Waals surface area contributed by atoms with E-state index in [0.717, 1.165) is 27.5 Å². The van der Waals surface area contributed by atoms with E-state index < -0.39 is 0 Å². The topological polar surface area (TPSA) is 91.4 Å². The first-order valence-corrected chi connectivity index (χ1v) is 10.8. The molecule has 9 heteroatoms. The summed E-state index contributed by atoms with van der Waals surface area (Å²) in [5.74, 6) is 0.738. The van der Waals surface area contributed by atoms with Gasteiger partial charge in [0.25, 0.3) is 5.91 Å². The summed E-state index contributed by atoms with van der Waals surface area (Å²) < 4.78 is 5.02. The summed E-state index contributed by atoms with van der Waals surface area (Å²) in [4.78, 5) is 39.8. The van der Waals surface area contributed by atoms with Gasteiger partial charge in [0.15, 0.2) is 5.16 Å². The predicted octanol–water partition coefficient (Wildman–Crippen LogP) is 3.16. The summed E-state index contributed by atoms with van der Waals surface area (Å²) in [7, 11) is 0. The smallest absolute Gasteiger partial charge is 0.409 e. The molecule has 1 aromatic carbocycles. The number of imidazole rings is 1. The molecule has 1 N–H and O–H groups in total. The fraction of sp³-hybridized carbons (Fsp3) is 0.333. The van der Waals surface area contributed by atoms with Crippen LogP contribution in [-0.2, 0) is 10.5 Å². The molecular formula is C21H23N5O3S. The molecule has 2 amide bonds. The van der Waals surface area contributed by atoms with Crippen LogP contribution in [-0.4, -0.2) is 69.5 Å². The van der Waals surface area contributed by atoms with Gasteiger partial charge < -0.3 is 19.5 Å². The number of nitrogens with one attached hydrogen (secondary N) is 1. The van der Waals surface area contributed by atoms with E-state index in [1.165, 1.54) is 0 Å². The number of aromatic nitrogens is 3. The second-order valence-corrected chi connectivity index (χ2v) is 7.86. The maximum atomic E-state index is 12.8. The number of carbonyl (C=O) groups excluding carboxylic acids is 2. The number of hydrogen-bond acceptors (Lipinski definition) is 6. The van der Waals surface area contributed by atoms with Crippen molar-refractivity contribution in [2.75, 3.05) is 32.8 Å². The number of nitrogens with zero attached hydrogens (tertiary/aromatic N) is 4. The number of piperazine rings is 1. The Balaban J connectivity index is 1.31. The second kappa shape index (κ2) is 9.17. The summed E-state index contributed by atoms with van der Waals surface area (Å²) in [5.41, 5.74) is 3.59. The quantitative estimate of drug-likeness (QED) is 0.632. The molecule has 1 aliphatic rings. The minimum Gasteiger partial charge on any atom is -0.450 e. The van der Waals surface area contributed by atoms with Gasteiger partial charge in [-0.1, -0.05) is 23.9 Å². The number of aromatic amines is 1. The van der Waals surface area contributed by atoms with Crippen molar-refractivity contribution in [1.82, 2.24) is 24.8 Å². The van der Waals surface area contributed by atoms with Gasteiger partial charge in [0.05, 0.1) is 23.8 Å². The Morgan fingerprint density at radius 3 is 2.53 bits per heavy atom. The number of ether oxygens (including phenoxy) is 1. The number of H-pyrrole nitrogens is 1. The molecule has 0 bridgehead atoms. The van der Waals surface area contributed by atoms with Crippen molar-refractivity contribution < 1.29 is 14.3 Å². The van der Waals surface area contributed by atoms with Gasteiger partial charge >= 0.3 is 6.09 Å². The number of hydrogen-bond donors (Lipinski definition) is 1. The molecule has 4 rings (SSSR count). The Labute approximate surface area is 178 Å². The Morgan fingerprint density at radius 1 is 1.10 bits per heavy atom. The first-order chi connectivity index (χ1) is 14.6. The molecule has 3 heterocycles. The molecule has 0 aliphatic carbocycles. The van der Waals surface area contributed by atoms with E-state index in [0.29, 0.717) is 38.3 Å². The molecule has 1 fully saturated rings. The first-order valence-electron chi connectivity index (χ1n) is 9.86. The van der Waals surface area contributed by atoms with Crippen molar-refractivity contribution in [2.24, 2.45) is 0 Å². The number of pyridine rings is 1. The fourth-order valence-electron chi connectivity index (χ4n) is 3.29. The highest BCUT2D eigenvalue weighted by Crippen LogP contribution is 2.23. The largest absolute Gasteiger partial charge is 0.450 e. The molecule has 2 aromatic heterocycles. The molecule has 1 saturated heterocycles. The SMILES string of the molecule is CCOC(=O)N1CCN(C(=O)c2ccc(CSc3nc4ccncc4[nH]3)cc2)CC1. The molecule has 156 valence electrons. The van der Waals surface area contributed by atoms with E-state index >= 15 is 0 Å². The average Bonchev–Trinajstić information content (AvgIpc) is 3.21. The molecule has 0 radical (unpaired) electrons. The lowest BCUT2D eigenvalue weighted by atomic mass is 10.1. The molecule has 0 saturated carbocycles. The van der Waals surface area contributed by atoms with Crippen LogP contribution >= 0.6 is 11.8 Å². The van der Waals surface area contributed by atoms with E-state index in [-0.39, 0.29) is 12.0 Å². The summed E-state index contributed by atoms with van der Waals surface area (Å²) >= 11 is 1.61. The van der Waals surface area contributed by atoms with Crippen LogP contribution < -0.4 is 0 Å². The molecular weight excluding hydrogens is 402 g/mol. The van der Waals surface area contributed by atoms with Gasteiger partial charge in [-0.3, -0.25) is 9.78 Å². The zero-order valence-electron chi connectivity index (χ0n) is 16.7. The minimum absolute atomic E-state index is 0.0116. The third-order valence-electron chi connectivity index (χ3n) is 4.93. The highest BCUT2D eigenvalue weighted by atomic mass is 32.2. The lowest BCUT2D eigenvalue weighted by Gasteiger charge is -2.34. The first kappa shape index (κ1) is 20.2. The van der Waals surface area contributed by atoms with E-state index in [1.54, 1.807) is 40.9 Å². The predicted molar refractivity (Wildman–Crippen MR) is 114 cm³/mol. The summed E-state index contributed by atoms with van der Waals surface area (Å²) in [6.07, 6.45) is 3.18. The van der Waals surface area contributed by atoms with Crippen molar-refractivity contribution >= 4 is 34.8 Å². The van der Waals surface area contributed by atoms with Gasteiger partial charge in [0.2, 0.25) is 0 Å². The van der Waals surface area contributed by atoms with Gasteiger partial charge in [-0.15, -0.1) is 0 Å². The van der Waals surface area contributed by atoms with Crippen LogP contribution in [0.25, 0.3) is 11.0 Å². The Kier molecular flexibility index (Phi) is 6.18. The molecule has 0 atom stereocenters. The number of amides is 2. The lowest BCUT2D eigenvalue weighted by Crippen LogP contribution is -2.50. The zero-order valence-corrected chi connectivity index (χ0v) is 17.5. The van der Waals surface area contributed by atoms with E-state index in [1.807, 2.05) is 30.3 Å². The van der Waals surface area contributed by atoms with Crippen molar-refractivity contribution in [3.63, 3.8) is 0 Å². The number of thioether (sulfide) groups is 1. The fourth-order valence-corrected chi connectivity index (χ4v) is 4.13. The van der Waals surface area contributed by atoms with Gasteiger partial charge in [-0.2, -0.15) is 0 Å². The minimum atomic E-state index is -0.313. The third kappa shape index (κ3) is 4.56. The van der Waals surface area contributed by atoms with Crippen LogP contribution in [0.1, 0.15) is 22.8 Å². The monoisotopic (exact) mass is 425 g/mol. The van der Waals surface area contributed by atoms with Crippen LogP contribution in [0.3, 0.4) is 0 Å². The molecule has 0 spiro atoms. The lowest BCUT2D eigenvalue weighted by molar-refractivity contribution is 0.0570. The van der Waals surface area contributed by atoms with Crippen LogP contribution in [0.15, 0.2) is 47.9 Å². The van der Waals surface area contributed by atoms with Crippen molar-refractivity contribution in [1.29, 1.82) is 0 Å². The molecule has 0 unspecified atom stereocenters. The van der Waals surface area contributed by atoms with E-state index in [4.69, 9.17) is 4.74 Å². The third-order valence-corrected chi connectivity index (χ3v) is 5.88. The van der Waals surface area contributed by atoms with Gasteiger partial charge in [-0.05, 0) is 30.7 Å². The van der Waals surface area contributed by atoms with Gasteiger partial charge in [0, 0.05) is 43.7 Å². The molecule has 1 aliphatic heterocycles. The summed E-state index contributed by atoms with van der Waals surface area (Å²) in [6, 6.07) is 9.54. The van der Waals surface area contributed by atoms with Gasteiger partial charge in [0.1, 0.15) is 0 Å². The van der Waals surface area contributed by atoms with Crippen molar-refractivity contribution in [3.05, 3.63) is 53.9 Å². The van der Waals surface area contributed by atoms with Gasteiger partial charge in [-0.25, -0.2) is 9.78 Å². The standard InChI is InChI=1S/C21H23N5O3S/c1-2-29-21(28)26-11-9-25(10-12-26)19(27)16-5-3-15(4-6-16)14-30-20-23-17-7-8-22-13-18(17)24-20/h3-8,13H,2,9-12,14H2,1H3,(H,23,24). The number of fused-ring (bicyclic) bond motifs is 1. The highest BCUT2D eigenvalue weighted by Gasteiger charge is 2.25. The normalized spacial score (nSPS) is 14.2. The number of rotatable bonds is 5. The summed E-state index contributed by atoms with van der Waals surface area (Å²) in [6.45, 7) is 4.15. The number of benzene rings is 1. The Hall–Kier alpha value is -3.07. The Morgan fingerprint density at radius 2 is 1.83 bits per heavy atom. The van der Waals surface area contributed by atoms with Crippen LogP contribution in [0.2, 0.25) is 0 Å². The van der Waals surface area contributed by atoms with E-state index in [2.05, 4.69) is 15.0 Å². The molecule has 30 heavy (non-hydrogen) atoms. The number of carbonyl (C=O) groups is 2. The van der Waals surface area contributed by atoms with Crippen LogP contribution in [0, 0.1) is 0 Å². The summed E-state index contributed by atoms with van der Waals surface area (Å²) in [5, 5.41) is 0.845. The van der Waals surface area contributed by atoms with Crippen LogP contribution in [0.4, 0.5) is 4.79 Å². The average molecular weight is 426 g/mol. The zero-order chi connectivity index (χ0) is 20.9.